The number of carbonyl (C=O) groups is 1. The molecule has 0 saturated heterocycles. The van der Waals surface area contributed by atoms with Crippen LogP contribution in [0.2, 0.25) is 0 Å². The summed E-state index contributed by atoms with van der Waals surface area (Å²) in [7, 11) is 0. The molecule has 0 amide bonds. The van der Waals surface area contributed by atoms with Crippen molar-refractivity contribution in [1.29, 1.82) is 0 Å². The predicted octanol–water partition coefficient (Wildman–Crippen LogP) is 3.39. The number of hydrogen-bond donors (Lipinski definition) is 1. The van der Waals surface area contributed by atoms with Crippen LogP contribution < -0.4 is 4.74 Å². The third-order valence-corrected chi connectivity index (χ3v) is 3.26. The zero-order chi connectivity index (χ0) is 14.4. The minimum absolute atomic E-state index is 0.0766. The molecule has 1 aromatic rings. The molecular weight excluding hydrogens is 376 g/mol. The average molecular weight is 384 g/mol. The van der Waals surface area contributed by atoms with Gasteiger partial charge in [0.25, 0.3) is 0 Å². The third kappa shape index (κ3) is 2.70. The second kappa shape index (κ2) is 4.69. The number of alkyl halides is 3. The molecule has 0 fully saturated rings. The van der Waals surface area contributed by atoms with E-state index in [0.717, 1.165) is 9.65 Å². The summed E-state index contributed by atoms with van der Waals surface area (Å²) in [6, 6.07) is 3.25. The Kier molecular flexibility index (Phi) is 3.50. The Labute approximate surface area is 120 Å². The summed E-state index contributed by atoms with van der Waals surface area (Å²) >= 11 is 2.00. The van der Waals surface area contributed by atoms with Crippen molar-refractivity contribution in [3.63, 3.8) is 0 Å². The summed E-state index contributed by atoms with van der Waals surface area (Å²) in [5.41, 5.74) is 0.0838. The summed E-state index contributed by atoms with van der Waals surface area (Å²) in [5, 5.41) is 8.89. The highest BCUT2D eigenvalue weighted by molar-refractivity contribution is 14.1. The van der Waals surface area contributed by atoms with E-state index < -0.39 is 23.8 Å². The monoisotopic (exact) mass is 384 g/mol. The van der Waals surface area contributed by atoms with E-state index in [1.807, 2.05) is 22.6 Å². The topological polar surface area (TPSA) is 46.5 Å². The van der Waals surface area contributed by atoms with Gasteiger partial charge in [0.2, 0.25) is 6.10 Å². The van der Waals surface area contributed by atoms with Gasteiger partial charge in [-0.3, -0.25) is 0 Å². The zero-order valence-corrected chi connectivity index (χ0v) is 11.7. The van der Waals surface area contributed by atoms with Crippen LogP contribution >= 0.6 is 22.6 Å². The number of aryl methyl sites for hydroxylation is 1. The van der Waals surface area contributed by atoms with Crippen LogP contribution in [0.25, 0.3) is 6.08 Å². The molecule has 1 atom stereocenters. The van der Waals surface area contributed by atoms with Crippen LogP contribution in [0.4, 0.5) is 13.2 Å². The van der Waals surface area contributed by atoms with Crippen molar-refractivity contribution < 1.29 is 27.8 Å². The highest BCUT2D eigenvalue weighted by Crippen LogP contribution is 2.39. The van der Waals surface area contributed by atoms with Crippen LogP contribution in [0.5, 0.6) is 5.75 Å². The molecule has 0 bridgehead atoms. The summed E-state index contributed by atoms with van der Waals surface area (Å²) in [5.74, 6) is -1.56. The molecule has 2 rings (SSSR count). The van der Waals surface area contributed by atoms with Crippen molar-refractivity contribution in [3.05, 3.63) is 32.4 Å². The largest absolute Gasteiger partial charge is 0.478 e. The van der Waals surface area contributed by atoms with Crippen molar-refractivity contribution in [2.45, 2.75) is 19.2 Å². The number of aliphatic carboxylic acids is 1. The fourth-order valence-electron chi connectivity index (χ4n) is 1.87. The molecule has 1 aliphatic rings. The smallest absolute Gasteiger partial charge is 0.430 e. The van der Waals surface area contributed by atoms with Crippen molar-refractivity contribution >= 4 is 34.6 Å². The molecular formula is C12H8F3IO3. The molecule has 0 radical (unpaired) electrons. The number of fused-ring (bicyclic) bond motifs is 1. The van der Waals surface area contributed by atoms with Gasteiger partial charge in [-0.1, -0.05) is 0 Å². The standard InChI is InChI=1S/C12H8F3IO3/c1-5-2-7(16)3-6-4-8(11(17)18)10(12(13,14)15)19-9(5)6/h2-4,10H,1H3,(H,17,18)/t10-/m0/s1. The van der Waals surface area contributed by atoms with Gasteiger partial charge in [0.15, 0.2) is 0 Å². The molecule has 0 unspecified atom stereocenters. The number of ether oxygens (including phenoxy) is 1. The molecule has 0 aromatic heterocycles. The summed E-state index contributed by atoms with van der Waals surface area (Å²) in [4.78, 5) is 10.9. The second-order valence-corrected chi connectivity index (χ2v) is 5.33. The molecule has 0 spiro atoms. The highest BCUT2D eigenvalue weighted by Gasteiger charge is 2.48. The summed E-state index contributed by atoms with van der Waals surface area (Å²) < 4.78 is 44.2. The normalized spacial score (nSPS) is 18.4. The van der Waals surface area contributed by atoms with Crippen LogP contribution in [0, 0.1) is 10.5 Å². The van der Waals surface area contributed by atoms with Crippen molar-refractivity contribution in [2.24, 2.45) is 0 Å². The Morgan fingerprint density at radius 1 is 1.42 bits per heavy atom. The first-order chi connectivity index (χ1) is 8.70. The second-order valence-electron chi connectivity index (χ2n) is 4.09. The lowest BCUT2D eigenvalue weighted by atomic mass is 9.99. The SMILES string of the molecule is Cc1cc(I)cc2c1O[C@H](C(F)(F)F)C(C(=O)O)=C2. The molecule has 19 heavy (non-hydrogen) atoms. The van der Waals surface area contributed by atoms with Crippen LogP contribution in [-0.4, -0.2) is 23.4 Å². The van der Waals surface area contributed by atoms with Crippen LogP contribution in [-0.2, 0) is 4.79 Å². The molecule has 1 heterocycles. The van der Waals surface area contributed by atoms with E-state index in [2.05, 4.69) is 0 Å². The Bertz CT molecular complexity index is 578. The van der Waals surface area contributed by atoms with Gasteiger partial charge in [-0.15, -0.1) is 0 Å². The lowest BCUT2D eigenvalue weighted by molar-refractivity contribution is -0.187. The maximum atomic E-state index is 12.8. The lowest BCUT2D eigenvalue weighted by Gasteiger charge is -2.28. The van der Waals surface area contributed by atoms with E-state index in [1.165, 1.54) is 0 Å². The van der Waals surface area contributed by atoms with Gasteiger partial charge in [0.05, 0.1) is 5.57 Å². The van der Waals surface area contributed by atoms with E-state index in [0.29, 0.717) is 11.1 Å². The first-order valence-corrected chi connectivity index (χ1v) is 6.26. The van der Waals surface area contributed by atoms with Gasteiger partial charge < -0.3 is 9.84 Å². The van der Waals surface area contributed by atoms with Gasteiger partial charge >= 0.3 is 12.1 Å². The molecule has 1 aromatic carbocycles. The first kappa shape index (κ1) is 14.2. The Morgan fingerprint density at radius 2 is 2.05 bits per heavy atom. The fraction of sp³-hybridized carbons (Fsp3) is 0.250. The fourth-order valence-corrected chi connectivity index (χ4v) is 2.67. The maximum Gasteiger partial charge on any atom is 0.430 e. The van der Waals surface area contributed by atoms with Gasteiger partial charge in [-0.05, 0) is 53.3 Å². The quantitative estimate of drug-likeness (QED) is 0.756. The van der Waals surface area contributed by atoms with E-state index in [1.54, 1.807) is 19.1 Å². The molecule has 0 aliphatic carbocycles. The minimum Gasteiger partial charge on any atom is -0.478 e. The Hall–Kier alpha value is -1.25. The number of hydrogen-bond acceptors (Lipinski definition) is 2. The lowest BCUT2D eigenvalue weighted by Crippen LogP contribution is -2.40. The molecule has 102 valence electrons. The average Bonchev–Trinajstić information content (AvgIpc) is 2.25. The van der Waals surface area contributed by atoms with Crippen molar-refractivity contribution in [1.82, 2.24) is 0 Å². The highest BCUT2D eigenvalue weighted by atomic mass is 127. The molecule has 3 nitrogen and oxygen atoms in total. The van der Waals surface area contributed by atoms with Crippen LogP contribution in [0.3, 0.4) is 0 Å². The van der Waals surface area contributed by atoms with E-state index in [9.17, 15) is 18.0 Å². The van der Waals surface area contributed by atoms with Gasteiger partial charge in [-0.2, -0.15) is 13.2 Å². The number of rotatable bonds is 1. The van der Waals surface area contributed by atoms with Crippen molar-refractivity contribution in [2.75, 3.05) is 0 Å². The molecule has 1 N–H and O–H groups in total. The third-order valence-electron chi connectivity index (χ3n) is 2.64. The number of carboxylic acids is 1. The number of benzene rings is 1. The molecule has 1 aliphatic heterocycles. The first-order valence-electron chi connectivity index (χ1n) is 5.18. The van der Waals surface area contributed by atoms with Gasteiger partial charge in [-0.25, -0.2) is 4.79 Å². The summed E-state index contributed by atoms with van der Waals surface area (Å²) in [6.45, 7) is 1.62. The van der Waals surface area contributed by atoms with Crippen molar-refractivity contribution in [3.8, 4) is 5.75 Å². The number of carboxylic acid groups (broad SMARTS) is 1. The predicted molar refractivity (Wildman–Crippen MR) is 70.0 cm³/mol. The molecule has 0 saturated carbocycles. The number of halogens is 4. The van der Waals surface area contributed by atoms with E-state index in [4.69, 9.17) is 9.84 Å². The zero-order valence-electron chi connectivity index (χ0n) is 9.58. The summed E-state index contributed by atoms with van der Waals surface area (Å²) in [6.07, 6.45) is -6.18. The Morgan fingerprint density at radius 3 is 2.58 bits per heavy atom. The minimum atomic E-state index is -4.77. The molecule has 7 heteroatoms. The maximum absolute atomic E-state index is 12.8. The Balaban J connectivity index is 2.61. The van der Waals surface area contributed by atoms with Gasteiger partial charge in [0.1, 0.15) is 5.75 Å². The van der Waals surface area contributed by atoms with E-state index >= 15 is 0 Å². The van der Waals surface area contributed by atoms with Crippen LogP contribution in [0.15, 0.2) is 17.7 Å². The van der Waals surface area contributed by atoms with Gasteiger partial charge in [0, 0.05) is 9.13 Å². The van der Waals surface area contributed by atoms with Crippen LogP contribution in [0.1, 0.15) is 11.1 Å². The van der Waals surface area contributed by atoms with E-state index in [-0.39, 0.29) is 5.75 Å².